The zero-order chi connectivity index (χ0) is 11.1. The highest BCUT2D eigenvalue weighted by molar-refractivity contribution is 6.30. The fraction of sp³-hybridized carbons (Fsp3) is 0.571. The molecule has 0 saturated heterocycles. The van der Waals surface area contributed by atoms with Gasteiger partial charge in [0, 0.05) is 11.1 Å². The minimum Gasteiger partial charge on any atom is -0.313 e. The first kappa shape index (κ1) is 10.6. The van der Waals surface area contributed by atoms with Crippen molar-refractivity contribution >= 4 is 11.6 Å². The number of benzene rings is 1. The van der Waals surface area contributed by atoms with Crippen molar-refractivity contribution in [3.05, 3.63) is 34.3 Å². The zero-order valence-corrected chi connectivity index (χ0v) is 10.4. The van der Waals surface area contributed by atoms with Gasteiger partial charge in [-0.25, -0.2) is 0 Å². The van der Waals surface area contributed by atoms with Crippen LogP contribution in [0.3, 0.4) is 0 Å². The highest BCUT2D eigenvalue weighted by Crippen LogP contribution is 2.37. The molecular formula is C14H18ClN. The monoisotopic (exact) mass is 235 g/mol. The lowest BCUT2D eigenvalue weighted by atomic mass is 10.1. The van der Waals surface area contributed by atoms with Gasteiger partial charge in [-0.2, -0.15) is 0 Å². The molecule has 0 radical (unpaired) electrons. The van der Waals surface area contributed by atoms with Gasteiger partial charge in [-0.1, -0.05) is 24.6 Å². The number of halogens is 1. The summed E-state index contributed by atoms with van der Waals surface area (Å²) in [5.74, 6) is 1.89. The Bertz CT molecular complexity index is 402. The average molecular weight is 236 g/mol. The number of hydrogen-bond donors (Lipinski definition) is 1. The first-order chi connectivity index (χ1) is 7.72. The van der Waals surface area contributed by atoms with Crippen LogP contribution in [-0.2, 0) is 12.8 Å². The SMILES string of the molecule is CC1CC1CNC1Cc2ccc(Cl)cc2C1. The van der Waals surface area contributed by atoms with Crippen LogP contribution in [0.1, 0.15) is 24.5 Å². The Labute approximate surface area is 102 Å². The quantitative estimate of drug-likeness (QED) is 0.849. The fourth-order valence-electron chi connectivity index (χ4n) is 2.73. The molecule has 0 aromatic heterocycles. The highest BCUT2D eigenvalue weighted by atomic mass is 35.5. The summed E-state index contributed by atoms with van der Waals surface area (Å²) in [4.78, 5) is 0. The maximum atomic E-state index is 6.01. The van der Waals surface area contributed by atoms with E-state index in [2.05, 4.69) is 24.4 Å². The molecule has 1 saturated carbocycles. The Balaban J connectivity index is 1.58. The van der Waals surface area contributed by atoms with E-state index in [9.17, 15) is 0 Å². The molecule has 16 heavy (non-hydrogen) atoms. The second-order valence-electron chi connectivity index (χ2n) is 5.40. The van der Waals surface area contributed by atoms with E-state index in [-0.39, 0.29) is 0 Å². The molecular weight excluding hydrogens is 218 g/mol. The van der Waals surface area contributed by atoms with Crippen molar-refractivity contribution in [1.82, 2.24) is 5.32 Å². The minimum absolute atomic E-state index is 0.640. The van der Waals surface area contributed by atoms with Gasteiger partial charge in [0.15, 0.2) is 0 Å². The predicted molar refractivity (Wildman–Crippen MR) is 67.9 cm³/mol. The Hall–Kier alpha value is -0.530. The normalized spacial score (nSPS) is 31.5. The van der Waals surface area contributed by atoms with Crippen LogP contribution in [-0.4, -0.2) is 12.6 Å². The Kier molecular flexibility index (Phi) is 2.68. The molecule has 3 rings (SSSR count). The van der Waals surface area contributed by atoms with Gasteiger partial charge >= 0.3 is 0 Å². The Morgan fingerprint density at radius 1 is 1.31 bits per heavy atom. The fourth-order valence-corrected chi connectivity index (χ4v) is 2.93. The molecule has 2 heteroatoms. The molecule has 1 nitrogen and oxygen atoms in total. The number of rotatable bonds is 3. The largest absolute Gasteiger partial charge is 0.313 e. The molecule has 1 aromatic carbocycles. The maximum Gasteiger partial charge on any atom is 0.0408 e. The molecule has 0 bridgehead atoms. The molecule has 1 N–H and O–H groups in total. The first-order valence-electron chi connectivity index (χ1n) is 6.23. The van der Waals surface area contributed by atoms with Crippen LogP contribution in [0.15, 0.2) is 18.2 Å². The molecule has 0 amide bonds. The molecule has 0 aliphatic heterocycles. The molecule has 0 heterocycles. The molecule has 1 aromatic rings. The van der Waals surface area contributed by atoms with E-state index in [0.29, 0.717) is 6.04 Å². The molecule has 1 fully saturated rings. The smallest absolute Gasteiger partial charge is 0.0408 e. The van der Waals surface area contributed by atoms with E-state index in [1.165, 1.54) is 30.5 Å². The van der Waals surface area contributed by atoms with Gasteiger partial charge in [-0.15, -0.1) is 0 Å². The second-order valence-corrected chi connectivity index (χ2v) is 5.84. The van der Waals surface area contributed by atoms with Crippen LogP contribution < -0.4 is 5.32 Å². The topological polar surface area (TPSA) is 12.0 Å². The van der Waals surface area contributed by atoms with Crippen molar-refractivity contribution in [2.24, 2.45) is 11.8 Å². The summed E-state index contributed by atoms with van der Waals surface area (Å²) in [5.41, 5.74) is 2.92. The number of nitrogens with one attached hydrogen (secondary N) is 1. The molecule has 3 unspecified atom stereocenters. The van der Waals surface area contributed by atoms with Crippen molar-refractivity contribution in [2.75, 3.05) is 6.54 Å². The third-order valence-electron chi connectivity index (χ3n) is 4.05. The maximum absolute atomic E-state index is 6.01. The van der Waals surface area contributed by atoms with Gasteiger partial charge in [-0.05, 0) is 60.9 Å². The number of fused-ring (bicyclic) bond motifs is 1. The lowest BCUT2D eigenvalue weighted by molar-refractivity contribution is 0.505. The number of hydrogen-bond acceptors (Lipinski definition) is 1. The molecule has 86 valence electrons. The summed E-state index contributed by atoms with van der Waals surface area (Å²) in [5, 5.41) is 4.57. The van der Waals surface area contributed by atoms with Crippen molar-refractivity contribution in [2.45, 2.75) is 32.2 Å². The second kappa shape index (κ2) is 4.05. The lowest BCUT2D eigenvalue weighted by Gasteiger charge is -2.11. The van der Waals surface area contributed by atoms with E-state index < -0.39 is 0 Å². The predicted octanol–water partition coefficient (Wildman–Crippen LogP) is 3.05. The summed E-state index contributed by atoms with van der Waals surface area (Å²) in [6.45, 7) is 3.54. The standard InChI is InChI=1S/C14H18ClN/c1-9-4-12(9)8-16-14-6-10-2-3-13(15)5-11(10)7-14/h2-3,5,9,12,14,16H,4,6-8H2,1H3. The molecule has 3 atom stereocenters. The van der Waals surface area contributed by atoms with Crippen LogP contribution in [0.5, 0.6) is 0 Å². The van der Waals surface area contributed by atoms with Crippen molar-refractivity contribution in [1.29, 1.82) is 0 Å². The van der Waals surface area contributed by atoms with Gasteiger partial charge in [-0.3, -0.25) is 0 Å². The van der Waals surface area contributed by atoms with Crippen LogP contribution >= 0.6 is 11.6 Å². The summed E-state index contributed by atoms with van der Waals surface area (Å²) < 4.78 is 0. The third-order valence-corrected chi connectivity index (χ3v) is 4.28. The van der Waals surface area contributed by atoms with E-state index in [4.69, 9.17) is 11.6 Å². The van der Waals surface area contributed by atoms with E-state index in [1.807, 2.05) is 6.07 Å². The van der Waals surface area contributed by atoms with Crippen LogP contribution in [0.25, 0.3) is 0 Å². The average Bonchev–Trinajstić information content (AvgIpc) is 2.81. The molecule has 2 aliphatic rings. The first-order valence-corrected chi connectivity index (χ1v) is 6.61. The summed E-state index contributed by atoms with van der Waals surface area (Å²) in [6, 6.07) is 6.95. The highest BCUT2D eigenvalue weighted by Gasteiger charge is 2.33. The zero-order valence-electron chi connectivity index (χ0n) is 9.67. The summed E-state index contributed by atoms with van der Waals surface area (Å²) in [6.07, 6.45) is 3.74. The molecule has 2 aliphatic carbocycles. The van der Waals surface area contributed by atoms with E-state index in [0.717, 1.165) is 23.3 Å². The summed E-state index contributed by atoms with van der Waals surface area (Å²) >= 11 is 6.01. The molecule has 0 spiro atoms. The third kappa shape index (κ3) is 2.11. The Morgan fingerprint density at radius 2 is 2.06 bits per heavy atom. The van der Waals surface area contributed by atoms with E-state index >= 15 is 0 Å². The van der Waals surface area contributed by atoms with Crippen LogP contribution in [0.4, 0.5) is 0 Å². The van der Waals surface area contributed by atoms with Gasteiger partial charge in [0.05, 0.1) is 0 Å². The minimum atomic E-state index is 0.640. The van der Waals surface area contributed by atoms with Gasteiger partial charge in [0.1, 0.15) is 0 Å². The van der Waals surface area contributed by atoms with Crippen molar-refractivity contribution < 1.29 is 0 Å². The van der Waals surface area contributed by atoms with Crippen LogP contribution in [0.2, 0.25) is 5.02 Å². The van der Waals surface area contributed by atoms with E-state index in [1.54, 1.807) is 0 Å². The van der Waals surface area contributed by atoms with Crippen molar-refractivity contribution in [3.63, 3.8) is 0 Å². The van der Waals surface area contributed by atoms with Gasteiger partial charge in [0.2, 0.25) is 0 Å². The van der Waals surface area contributed by atoms with Gasteiger partial charge in [0.25, 0.3) is 0 Å². The Morgan fingerprint density at radius 3 is 2.81 bits per heavy atom. The summed E-state index contributed by atoms with van der Waals surface area (Å²) in [7, 11) is 0. The van der Waals surface area contributed by atoms with Crippen molar-refractivity contribution in [3.8, 4) is 0 Å². The lowest BCUT2D eigenvalue weighted by Crippen LogP contribution is -2.31. The van der Waals surface area contributed by atoms with Gasteiger partial charge < -0.3 is 5.32 Å². The van der Waals surface area contributed by atoms with Crippen LogP contribution in [0, 0.1) is 11.8 Å².